The normalized spacial score (nSPS) is 64.1. The van der Waals surface area contributed by atoms with Crippen molar-refractivity contribution in [1.29, 1.82) is 0 Å². The lowest BCUT2D eigenvalue weighted by molar-refractivity contribution is -0.324. The van der Waals surface area contributed by atoms with Crippen LogP contribution in [-0.2, 0) is 23.7 Å². The molecule has 8 heteroatoms. The number of hydrogen-bond acceptors (Lipinski definition) is 8. The molecule has 3 spiro atoms. The number of aliphatic hydroxyl groups is 2. The summed E-state index contributed by atoms with van der Waals surface area (Å²) in [6.45, 7) is 4.07. The molecule has 2 aliphatic heterocycles. The summed E-state index contributed by atoms with van der Waals surface area (Å²) in [5.74, 6) is 0.00389. The number of likely N-dealkylation sites (tertiary alicyclic amines) is 1. The van der Waals surface area contributed by atoms with Crippen LogP contribution in [0.15, 0.2) is 0 Å². The molecule has 2 N–H and O–H groups in total. The largest absolute Gasteiger partial charge is 0.390 e. The highest BCUT2D eigenvalue weighted by molar-refractivity contribution is 5.45. The van der Waals surface area contributed by atoms with E-state index in [1.807, 2.05) is 0 Å². The van der Waals surface area contributed by atoms with Gasteiger partial charge in [-0.15, -0.1) is 0 Å². The SMILES string of the molecule is CCN1C[C@@H]2CC[C@H](OC)[C@]34[C@@H]2[C@H](O)[C@]2(OCO[C@@]25C[C@H](OC)[C@H]2C[C@]3(O)[C@@H]5[C@H]2OC)[C@H]14. The van der Waals surface area contributed by atoms with Crippen molar-refractivity contribution >= 4 is 0 Å². The summed E-state index contributed by atoms with van der Waals surface area (Å²) in [5.41, 5.74) is -3.51. The van der Waals surface area contributed by atoms with Crippen LogP contribution in [0.5, 0.6) is 0 Å². The summed E-state index contributed by atoms with van der Waals surface area (Å²) in [5, 5.41) is 25.4. The summed E-state index contributed by atoms with van der Waals surface area (Å²) >= 11 is 0. The van der Waals surface area contributed by atoms with E-state index in [0.717, 1.165) is 25.9 Å². The zero-order valence-electron chi connectivity index (χ0n) is 19.5. The van der Waals surface area contributed by atoms with Crippen molar-refractivity contribution in [3.05, 3.63) is 0 Å². The Labute approximate surface area is 189 Å². The van der Waals surface area contributed by atoms with Gasteiger partial charge in [-0.25, -0.2) is 0 Å². The lowest BCUT2D eigenvalue weighted by Gasteiger charge is -2.70. The fourth-order valence-corrected chi connectivity index (χ4v) is 11.0. The minimum atomic E-state index is -1.09. The number of methoxy groups -OCH3 is 3. The first-order chi connectivity index (χ1) is 15.4. The maximum atomic E-state index is 13.1. The average molecular weight is 452 g/mol. The Hall–Kier alpha value is -0.320. The van der Waals surface area contributed by atoms with Gasteiger partial charge in [0.25, 0.3) is 0 Å². The van der Waals surface area contributed by atoms with Gasteiger partial charge in [0.15, 0.2) is 0 Å². The minimum Gasteiger partial charge on any atom is -0.390 e. The molecule has 32 heavy (non-hydrogen) atoms. The van der Waals surface area contributed by atoms with Gasteiger partial charge in [-0.1, -0.05) is 6.92 Å². The topological polar surface area (TPSA) is 89.9 Å². The van der Waals surface area contributed by atoms with Gasteiger partial charge in [0, 0.05) is 52.0 Å². The third kappa shape index (κ3) is 1.73. The van der Waals surface area contributed by atoms with Crippen molar-refractivity contribution in [2.45, 2.75) is 79.9 Å². The first kappa shape index (κ1) is 21.0. The van der Waals surface area contributed by atoms with Crippen molar-refractivity contribution in [3.8, 4) is 0 Å². The lowest BCUT2D eigenvalue weighted by Crippen LogP contribution is -2.85. The number of nitrogens with zero attached hydrogens (tertiary/aromatic N) is 1. The summed E-state index contributed by atoms with van der Waals surface area (Å²) in [6, 6.07) is -0.169. The van der Waals surface area contributed by atoms with E-state index in [4.69, 9.17) is 23.7 Å². The molecule has 5 saturated carbocycles. The van der Waals surface area contributed by atoms with Gasteiger partial charge < -0.3 is 33.9 Å². The number of hydrogen-bond donors (Lipinski definition) is 2. The highest BCUT2D eigenvalue weighted by Gasteiger charge is 2.96. The van der Waals surface area contributed by atoms with Crippen LogP contribution in [0, 0.1) is 29.1 Å². The Morgan fingerprint density at radius 2 is 1.88 bits per heavy atom. The number of fused-ring (bicyclic) bond motifs is 1. The molecule has 2 saturated heterocycles. The monoisotopic (exact) mass is 451 g/mol. The standard InChI is InChI=1S/C24H37NO7/c1-5-25-10-12-6-7-15(29-3)23-16(12)19(26)24(20(23)25)22(31-11-32-24)9-14(28-2)13-8-21(23,27)18(22)17(13)30-4/h12-20,26-27H,5-11H2,1-4H3/t12-,13+,14-,15-,16-,17-,18-,19-,20+,21-,22+,23+,24-/m0/s1. The third-order valence-electron chi connectivity index (χ3n) is 11.5. The number of aliphatic hydroxyl groups excluding tert-OH is 1. The molecule has 180 valence electrons. The van der Waals surface area contributed by atoms with E-state index >= 15 is 0 Å². The average Bonchev–Trinajstić information content (AvgIpc) is 3.34. The number of likely N-dealkylation sites (N-methyl/N-ethyl adjacent to an activating group) is 1. The van der Waals surface area contributed by atoms with Crippen LogP contribution in [0.25, 0.3) is 0 Å². The van der Waals surface area contributed by atoms with Crippen LogP contribution in [-0.4, -0.2) is 104 Å². The number of rotatable bonds is 4. The number of piperidine rings is 1. The van der Waals surface area contributed by atoms with E-state index in [1.54, 1.807) is 21.3 Å². The molecule has 7 aliphatic rings. The van der Waals surface area contributed by atoms with Crippen LogP contribution >= 0.6 is 0 Å². The Bertz CT molecular complexity index is 828. The molecular weight excluding hydrogens is 414 g/mol. The third-order valence-corrected chi connectivity index (χ3v) is 11.5. The second kappa shape index (κ2) is 6.26. The summed E-state index contributed by atoms with van der Waals surface area (Å²) in [4.78, 5) is 2.47. The van der Waals surface area contributed by atoms with Gasteiger partial charge in [-0.3, -0.25) is 4.90 Å². The molecule has 8 nitrogen and oxygen atoms in total. The van der Waals surface area contributed by atoms with Crippen LogP contribution in [0.2, 0.25) is 0 Å². The summed E-state index contributed by atoms with van der Waals surface area (Å²) in [6.07, 6.45) is 1.87. The van der Waals surface area contributed by atoms with Gasteiger partial charge >= 0.3 is 0 Å². The highest BCUT2D eigenvalue weighted by Crippen LogP contribution is 2.81. The predicted octanol–water partition coefficient (Wildman–Crippen LogP) is 0.389. The molecule has 0 aromatic heterocycles. The summed E-state index contributed by atoms with van der Waals surface area (Å²) < 4.78 is 31.7. The maximum absolute atomic E-state index is 13.1. The van der Waals surface area contributed by atoms with E-state index in [1.165, 1.54) is 0 Å². The van der Waals surface area contributed by atoms with Crippen molar-refractivity contribution in [2.24, 2.45) is 29.1 Å². The Kier molecular flexibility index (Phi) is 4.11. The van der Waals surface area contributed by atoms with E-state index in [2.05, 4.69) is 11.8 Å². The van der Waals surface area contributed by atoms with Gasteiger partial charge in [0.1, 0.15) is 18.0 Å². The molecule has 0 aromatic carbocycles. The quantitative estimate of drug-likeness (QED) is 0.635. The van der Waals surface area contributed by atoms with Crippen molar-refractivity contribution in [3.63, 3.8) is 0 Å². The maximum Gasteiger partial charge on any atom is 0.148 e. The van der Waals surface area contributed by atoms with E-state index in [-0.39, 0.29) is 48.9 Å². The van der Waals surface area contributed by atoms with Crippen LogP contribution in [0.3, 0.4) is 0 Å². The van der Waals surface area contributed by atoms with Crippen molar-refractivity contribution in [2.75, 3.05) is 41.2 Å². The van der Waals surface area contributed by atoms with Gasteiger partial charge in [-0.2, -0.15) is 0 Å². The van der Waals surface area contributed by atoms with Crippen LogP contribution < -0.4 is 0 Å². The second-order valence-electron chi connectivity index (χ2n) is 11.5. The molecule has 5 aliphatic carbocycles. The molecule has 7 fully saturated rings. The first-order valence-corrected chi connectivity index (χ1v) is 12.4. The van der Waals surface area contributed by atoms with Gasteiger partial charge in [0.05, 0.1) is 41.5 Å². The van der Waals surface area contributed by atoms with Crippen molar-refractivity contribution < 1.29 is 33.9 Å². The molecule has 13 atom stereocenters. The van der Waals surface area contributed by atoms with Crippen molar-refractivity contribution in [1.82, 2.24) is 4.90 Å². The predicted molar refractivity (Wildman–Crippen MR) is 112 cm³/mol. The molecule has 2 heterocycles. The Morgan fingerprint density at radius 3 is 2.56 bits per heavy atom. The van der Waals surface area contributed by atoms with Crippen LogP contribution in [0.1, 0.15) is 32.6 Å². The van der Waals surface area contributed by atoms with E-state index in [0.29, 0.717) is 18.8 Å². The smallest absolute Gasteiger partial charge is 0.148 e. The zero-order valence-corrected chi connectivity index (χ0v) is 19.5. The van der Waals surface area contributed by atoms with Crippen LogP contribution in [0.4, 0.5) is 0 Å². The Balaban J connectivity index is 1.58. The number of ether oxygens (including phenoxy) is 5. The zero-order chi connectivity index (χ0) is 22.3. The molecule has 0 amide bonds. The molecule has 0 unspecified atom stereocenters. The van der Waals surface area contributed by atoms with Gasteiger partial charge in [0.2, 0.25) is 0 Å². The molecule has 0 aromatic rings. The second-order valence-corrected chi connectivity index (χ2v) is 11.5. The Morgan fingerprint density at radius 1 is 1.06 bits per heavy atom. The lowest BCUT2D eigenvalue weighted by atomic mass is 9.43. The van der Waals surface area contributed by atoms with E-state index in [9.17, 15) is 10.2 Å². The highest BCUT2D eigenvalue weighted by atomic mass is 16.7. The molecule has 7 rings (SSSR count). The molecular formula is C24H37NO7. The molecule has 0 radical (unpaired) electrons. The van der Waals surface area contributed by atoms with E-state index < -0.39 is 28.3 Å². The fourth-order valence-electron chi connectivity index (χ4n) is 11.0. The molecule has 7 bridgehead atoms. The minimum absolute atomic E-state index is 0.0754. The first-order valence-electron chi connectivity index (χ1n) is 12.4. The summed E-state index contributed by atoms with van der Waals surface area (Å²) in [7, 11) is 5.24. The fraction of sp³-hybridized carbons (Fsp3) is 1.00. The van der Waals surface area contributed by atoms with Gasteiger partial charge in [-0.05, 0) is 31.7 Å².